The molecule has 0 radical (unpaired) electrons. The molecular formula is C12H15BrO4. The van der Waals surface area contributed by atoms with Crippen LogP contribution in [0.1, 0.15) is 28.4 Å². The van der Waals surface area contributed by atoms with Crippen LogP contribution in [0.2, 0.25) is 0 Å². The number of methoxy groups -OCH3 is 1. The predicted molar refractivity (Wildman–Crippen MR) is 67.2 cm³/mol. The Morgan fingerprint density at radius 3 is 2.41 bits per heavy atom. The van der Waals surface area contributed by atoms with Crippen molar-refractivity contribution in [3.05, 3.63) is 35.4 Å². The van der Waals surface area contributed by atoms with Crippen LogP contribution >= 0.6 is 15.9 Å². The van der Waals surface area contributed by atoms with Gasteiger partial charge in [-0.25, -0.2) is 4.79 Å². The van der Waals surface area contributed by atoms with Crippen molar-refractivity contribution < 1.29 is 19.7 Å². The zero-order valence-corrected chi connectivity index (χ0v) is 11.1. The van der Waals surface area contributed by atoms with Crippen LogP contribution in [0.25, 0.3) is 0 Å². The third-order valence-electron chi connectivity index (χ3n) is 2.44. The number of carbonyl (C=O) groups is 1. The highest BCUT2D eigenvalue weighted by atomic mass is 79.9. The number of rotatable bonds is 5. The lowest BCUT2D eigenvalue weighted by Gasteiger charge is -2.17. The number of aliphatic hydroxyl groups excluding tert-OH is 2. The van der Waals surface area contributed by atoms with Gasteiger partial charge in [0.15, 0.2) is 0 Å². The Labute approximate surface area is 108 Å². The zero-order valence-electron chi connectivity index (χ0n) is 9.47. The van der Waals surface area contributed by atoms with E-state index in [0.29, 0.717) is 22.9 Å². The molecule has 0 amide bonds. The first-order valence-corrected chi connectivity index (χ1v) is 6.32. The number of hydrogen-bond donors (Lipinski definition) is 2. The fraction of sp³-hybridized carbons (Fsp3) is 0.417. The lowest BCUT2D eigenvalue weighted by atomic mass is 10.0. The maximum atomic E-state index is 11.2. The summed E-state index contributed by atoms with van der Waals surface area (Å²) in [5.41, 5.74) is 0.990. The van der Waals surface area contributed by atoms with Gasteiger partial charge in [-0.15, -0.1) is 0 Å². The first kappa shape index (κ1) is 14.2. The Morgan fingerprint density at radius 2 is 1.94 bits per heavy atom. The van der Waals surface area contributed by atoms with E-state index < -0.39 is 18.2 Å². The van der Waals surface area contributed by atoms with E-state index in [1.54, 1.807) is 24.3 Å². The Kier molecular flexibility index (Phi) is 5.61. The van der Waals surface area contributed by atoms with Crippen LogP contribution in [0.3, 0.4) is 0 Å². The minimum absolute atomic E-state index is 0.415. The molecule has 2 unspecified atom stereocenters. The molecule has 4 nitrogen and oxygen atoms in total. The van der Waals surface area contributed by atoms with Gasteiger partial charge in [-0.05, 0) is 24.1 Å². The smallest absolute Gasteiger partial charge is 0.337 e. The van der Waals surface area contributed by atoms with E-state index >= 15 is 0 Å². The highest BCUT2D eigenvalue weighted by molar-refractivity contribution is 9.09. The molecule has 0 bridgehead atoms. The van der Waals surface area contributed by atoms with Gasteiger partial charge in [-0.2, -0.15) is 0 Å². The summed E-state index contributed by atoms with van der Waals surface area (Å²) in [7, 11) is 1.31. The van der Waals surface area contributed by atoms with Gasteiger partial charge in [0.2, 0.25) is 0 Å². The van der Waals surface area contributed by atoms with E-state index in [1.807, 2.05) is 0 Å². The van der Waals surface area contributed by atoms with E-state index in [9.17, 15) is 15.0 Å². The van der Waals surface area contributed by atoms with Crippen molar-refractivity contribution in [1.82, 2.24) is 0 Å². The number of hydrogen-bond acceptors (Lipinski definition) is 4. The highest BCUT2D eigenvalue weighted by Gasteiger charge is 2.17. The molecule has 0 heterocycles. The summed E-state index contributed by atoms with van der Waals surface area (Å²) < 4.78 is 4.57. The second-order valence-electron chi connectivity index (χ2n) is 3.60. The zero-order chi connectivity index (χ0) is 12.8. The fourth-order valence-electron chi connectivity index (χ4n) is 1.43. The molecule has 0 aliphatic rings. The molecular weight excluding hydrogens is 288 g/mol. The average molecular weight is 303 g/mol. The van der Waals surface area contributed by atoms with Crippen molar-refractivity contribution in [2.75, 3.05) is 12.4 Å². The van der Waals surface area contributed by atoms with E-state index in [4.69, 9.17) is 0 Å². The molecule has 0 aliphatic heterocycles. The molecule has 94 valence electrons. The molecule has 0 aromatic heterocycles. The Hall–Kier alpha value is -0.910. The van der Waals surface area contributed by atoms with Gasteiger partial charge in [-0.3, -0.25) is 0 Å². The van der Waals surface area contributed by atoms with E-state index in [2.05, 4.69) is 20.7 Å². The van der Waals surface area contributed by atoms with Crippen molar-refractivity contribution >= 4 is 21.9 Å². The molecule has 0 aliphatic carbocycles. The number of esters is 1. The third-order valence-corrected chi connectivity index (χ3v) is 2.90. The Balaban J connectivity index is 2.76. The number of alkyl halides is 1. The molecule has 17 heavy (non-hydrogen) atoms. The predicted octanol–water partition coefficient (Wildman–Crippen LogP) is 1.65. The van der Waals surface area contributed by atoms with E-state index in [-0.39, 0.29) is 0 Å². The second-order valence-corrected chi connectivity index (χ2v) is 4.40. The van der Waals surface area contributed by atoms with Gasteiger partial charge in [0.05, 0.1) is 18.8 Å². The van der Waals surface area contributed by atoms with Crippen LogP contribution in [0, 0.1) is 0 Å². The number of carbonyl (C=O) groups excluding carboxylic acids is 1. The van der Waals surface area contributed by atoms with Crippen LogP contribution in [-0.2, 0) is 4.74 Å². The Bertz CT molecular complexity index is 363. The van der Waals surface area contributed by atoms with Crippen molar-refractivity contribution in [1.29, 1.82) is 0 Å². The van der Waals surface area contributed by atoms with Gasteiger partial charge in [-0.1, -0.05) is 28.1 Å². The maximum absolute atomic E-state index is 11.2. The quantitative estimate of drug-likeness (QED) is 0.641. The first-order chi connectivity index (χ1) is 8.10. The molecule has 0 saturated carbocycles. The highest BCUT2D eigenvalue weighted by Crippen LogP contribution is 2.20. The van der Waals surface area contributed by atoms with Gasteiger partial charge in [0, 0.05) is 5.33 Å². The summed E-state index contributed by atoms with van der Waals surface area (Å²) >= 11 is 3.20. The molecule has 2 atom stereocenters. The van der Waals surface area contributed by atoms with Crippen LogP contribution < -0.4 is 0 Å². The van der Waals surface area contributed by atoms with Crippen LogP contribution in [0.5, 0.6) is 0 Å². The molecule has 1 aromatic carbocycles. The van der Waals surface area contributed by atoms with E-state index in [0.717, 1.165) is 0 Å². The minimum Gasteiger partial charge on any atom is -0.465 e. The normalized spacial score (nSPS) is 14.1. The van der Waals surface area contributed by atoms with Crippen LogP contribution in [0.15, 0.2) is 24.3 Å². The number of aliphatic hydroxyl groups is 2. The lowest BCUT2D eigenvalue weighted by Crippen LogP contribution is -2.18. The molecule has 2 N–H and O–H groups in total. The van der Waals surface area contributed by atoms with Gasteiger partial charge in [0.1, 0.15) is 6.10 Å². The van der Waals surface area contributed by atoms with Crippen LogP contribution in [0.4, 0.5) is 0 Å². The summed E-state index contributed by atoms with van der Waals surface area (Å²) in [5.74, 6) is -0.424. The summed E-state index contributed by atoms with van der Waals surface area (Å²) in [4.78, 5) is 11.2. The van der Waals surface area contributed by atoms with Crippen molar-refractivity contribution in [2.45, 2.75) is 18.6 Å². The summed E-state index contributed by atoms with van der Waals surface area (Å²) in [6.45, 7) is 0. The van der Waals surface area contributed by atoms with Crippen molar-refractivity contribution in [3.63, 3.8) is 0 Å². The van der Waals surface area contributed by atoms with Gasteiger partial charge in [0.25, 0.3) is 0 Å². The third kappa shape index (κ3) is 3.80. The van der Waals surface area contributed by atoms with Crippen LogP contribution in [-0.4, -0.2) is 34.7 Å². The topological polar surface area (TPSA) is 66.8 Å². The van der Waals surface area contributed by atoms with Crippen molar-refractivity contribution in [2.24, 2.45) is 0 Å². The number of ether oxygens (including phenoxy) is 1. The average Bonchev–Trinajstić information content (AvgIpc) is 2.37. The molecule has 1 rings (SSSR count). The summed E-state index contributed by atoms with van der Waals surface area (Å²) in [5, 5.41) is 20.1. The first-order valence-electron chi connectivity index (χ1n) is 5.20. The SMILES string of the molecule is COC(=O)c1ccc(C(O)C(O)CCBr)cc1. The number of halogens is 1. The molecule has 0 saturated heterocycles. The Morgan fingerprint density at radius 1 is 1.35 bits per heavy atom. The summed E-state index contributed by atoms with van der Waals surface area (Å²) in [6.07, 6.45) is -1.31. The number of benzene rings is 1. The minimum atomic E-state index is -0.945. The largest absolute Gasteiger partial charge is 0.465 e. The van der Waals surface area contributed by atoms with Gasteiger partial charge < -0.3 is 14.9 Å². The van der Waals surface area contributed by atoms with Crippen molar-refractivity contribution in [3.8, 4) is 0 Å². The molecule has 0 spiro atoms. The molecule has 0 fully saturated rings. The van der Waals surface area contributed by atoms with E-state index in [1.165, 1.54) is 7.11 Å². The lowest BCUT2D eigenvalue weighted by molar-refractivity contribution is 0.0173. The maximum Gasteiger partial charge on any atom is 0.337 e. The second kappa shape index (κ2) is 6.74. The fourth-order valence-corrected chi connectivity index (χ4v) is 1.90. The molecule has 1 aromatic rings. The summed E-state index contributed by atoms with van der Waals surface area (Å²) in [6, 6.07) is 6.33. The molecule has 5 heteroatoms. The standard InChI is InChI=1S/C12H15BrO4/c1-17-12(16)9-4-2-8(3-5-9)11(15)10(14)6-7-13/h2-5,10-11,14-15H,6-7H2,1H3. The van der Waals surface area contributed by atoms with Gasteiger partial charge >= 0.3 is 5.97 Å². The monoisotopic (exact) mass is 302 g/mol.